The van der Waals surface area contributed by atoms with E-state index in [0.29, 0.717) is 11.4 Å². The number of hydrogen-bond donors (Lipinski definition) is 1. The maximum Gasteiger partial charge on any atom is 0.341 e. The Morgan fingerprint density at radius 3 is 2.17 bits per heavy atom. The van der Waals surface area contributed by atoms with Gasteiger partial charge in [0.05, 0.1) is 18.5 Å². The van der Waals surface area contributed by atoms with Crippen molar-refractivity contribution in [1.82, 2.24) is 0 Å². The maximum atomic E-state index is 12.1. The first-order chi connectivity index (χ1) is 11.3. The summed E-state index contributed by atoms with van der Waals surface area (Å²) in [7, 11) is -3.47. The number of carboxylic acids is 1. The SMILES string of the molecule is Cc1ccc(CN(c2ccc(OCC(=O)O)cc2)S(C)(=O)=O)cc1. The van der Waals surface area contributed by atoms with Crippen LogP contribution in [0, 0.1) is 6.92 Å². The highest BCUT2D eigenvalue weighted by atomic mass is 32.2. The average molecular weight is 349 g/mol. The van der Waals surface area contributed by atoms with Gasteiger partial charge in [-0.25, -0.2) is 13.2 Å². The van der Waals surface area contributed by atoms with Crippen LogP contribution in [0.25, 0.3) is 0 Å². The third kappa shape index (κ3) is 4.99. The number of ether oxygens (including phenoxy) is 1. The van der Waals surface area contributed by atoms with Crippen LogP contribution < -0.4 is 9.04 Å². The predicted octanol–water partition coefficient (Wildman–Crippen LogP) is 2.42. The molecule has 0 fully saturated rings. The Bertz CT molecular complexity index is 798. The number of nitrogens with zero attached hydrogens (tertiary/aromatic N) is 1. The number of benzene rings is 2. The second kappa shape index (κ2) is 7.35. The molecule has 0 heterocycles. The van der Waals surface area contributed by atoms with E-state index in [4.69, 9.17) is 9.84 Å². The van der Waals surface area contributed by atoms with Crippen molar-refractivity contribution in [2.45, 2.75) is 13.5 Å². The second-order valence-corrected chi connectivity index (χ2v) is 7.34. The number of hydrogen-bond acceptors (Lipinski definition) is 4. The highest BCUT2D eigenvalue weighted by Crippen LogP contribution is 2.23. The zero-order chi connectivity index (χ0) is 17.7. The highest BCUT2D eigenvalue weighted by Gasteiger charge is 2.18. The zero-order valence-electron chi connectivity index (χ0n) is 13.5. The molecule has 0 amide bonds. The summed E-state index contributed by atoms with van der Waals surface area (Å²) in [5, 5.41) is 8.60. The fourth-order valence-corrected chi connectivity index (χ4v) is 3.00. The summed E-state index contributed by atoms with van der Waals surface area (Å²) in [6.45, 7) is 1.74. The average Bonchev–Trinajstić information content (AvgIpc) is 2.52. The summed E-state index contributed by atoms with van der Waals surface area (Å²) < 4.78 is 30.6. The van der Waals surface area contributed by atoms with Crippen LogP contribution in [0.3, 0.4) is 0 Å². The Morgan fingerprint density at radius 1 is 1.08 bits per heavy atom. The molecule has 24 heavy (non-hydrogen) atoms. The normalized spacial score (nSPS) is 11.1. The summed E-state index contributed by atoms with van der Waals surface area (Å²) in [6, 6.07) is 13.9. The van der Waals surface area contributed by atoms with Gasteiger partial charge < -0.3 is 9.84 Å². The van der Waals surface area contributed by atoms with Gasteiger partial charge in [-0.05, 0) is 36.8 Å². The molecule has 2 aromatic rings. The van der Waals surface area contributed by atoms with Crippen molar-refractivity contribution >= 4 is 21.7 Å². The van der Waals surface area contributed by atoms with Crippen molar-refractivity contribution in [3.05, 3.63) is 59.7 Å². The molecule has 0 aliphatic heterocycles. The number of rotatable bonds is 7. The molecule has 6 nitrogen and oxygen atoms in total. The smallest absolute Gasteiger partial charge is 0.341 e. The molecule has 0 aliphatic rings. The van der Waals surface area contributed by atoms with E-state index in [0.717, 1.165) is 17.4 Å². The molecule has 0 spiro atoms. The van der Waals surface area contributed by atoms with Crippen LogP contribution in [0.1, 0.15) is 11.1 Å². The van der Waals surface area contributed by atoms with E-state index in [1.54, 1.807) is 24.3 Å². The summed E-state index contributed by atoms with van der Waals surface area (Å²) >= 11 is 0. The van der Waals surface area contributed by atoms with Gasteiger partial charge in [0.15, 0.2) is 6.61 Å². The van der Waals surface area contributed by atoms with Crippen molar-refractivity contribution in [2.24, 2.45) is 0 Å². The molecule has 0 radical (unpaired) electrons. The van der Waals surface area contributed by atoms with Crippen molar-refractivity contribution < 1.29 is 23.1 Å². The van der Waals surface area contributed by atoms with Crippen LogP contribution in [0.2, 0.25) is 0 Å². The Balaban J connectivity index is 2.22. The van der Waals surface area contributed by atoms with Crippen molar-refractivity contribution in [3.8, 4) is 5.75 Å². The third-order valence-corrected chi connectivity index (χ3v) is 4.47. The van der Waals surface area contributed by atoms with E-state index in [1.165, 1.54) is 4.31 Å². The number of aliphatic carboxylic acids is 1. The zero-order valence-corrected chi connectivity index (χ0v) is 14.3. The predicted molar refractivity (Wildman–Crippen MR) is 91.8 cm³/mol. The van der Waals surface area contributed by atoms with Gasteiger partial charge >= 0.3 is 5.97 Å². The van der Waals surface area contributed by atoms with Crippen LogP contribution in [0.15, 0.2) is 48.5 Å². The molecule has 2 rings (SSSR count). The number of carboxylic acid groups (broad SMARTS) is 1. The second-order valence-electron chi connectivity index (χ2n) is 5.43. The first-order valence-electron chi connectivity index (χ1n) is 7.23. The maximum absolute atomic E-state index is 12.1. The topological polar surface area (TPSA) is 83.9 Å². The van der Waals surface area contributed by atoms with Crippen molar-refractivity contribution in [2.75, 3.05) is 17.2 Å². The molecule has 0 saturated heterocycles. The Hall–Kier alpha value is -2.54. The van der Waals surface area contributed by atoms with Crippen LogP contribution in [0.5, 0.6) is 5.75 Å². The van der Waals surface area contributed by atoms with Crippen LogP contribution in [-0.2, 0) is 21.4 Å². The van der Waals surface area contributed by atoms with Gasteiger partial charge in [-0.1, -0.05) is 29.8 Å². The molecule has 0 saturated carbocycles. The largest absolute Gasteiger partial charge is 0.482 e. The molecule has 0 bridgehead atoms. The minimum absolute atomic E-state index is 0.217. The summed E-state index contributed by atoms with van der Waals surface area (Å²) in [5.74, 6) is -0.707. The fourth-order valence-electron chi connectivity index (χ4n) is 2.11. The van der Waals surface area contributed by atoms with E-state index >= 15 is 0 Å². The molecule has 0 aromatic heterocycles. The molecular formula is C17H19NO5S. The standard InChI is InChI=1S/C17H19NO5S/c1-13-3-5-14(6-4-13)11-18(24(2,21)22)15-7-9-16(10-8-15)23-12-17(19)20/h3-10H,11-12H2,1-2H3,(H,19,20). The highest BCUT2D eigenvalue weighted by molar-refractivity contribution is 7.92. The number of sulfonamides is 1. The van der Waals surface area contributed by atoms with E-state index in [-0.39, 0.29) is 6.54 Å². The minimum atomic E-state index is -3.47. The van der Waals surface area contributed by atoms with Gasteiger partial charge in [-0.15, -0.1) is 0 Å². The molecule has 0 aliphatic carbocycles. The minimum Gasteiger partial charge on any atom is -0.482 e. The molecule has 2 aromatic carbocycles. The summed E-state index contributed by atoms with van der Waals surface area (Å²) in [4.78, 5) is 10.5. The van der Waals surface area contributed by atoms with Crippen molar-refractivity contribution in [3.63, 3.8) is 0 Å². The lowest BCUT2D eigenvalue weighted by Crippen LogP contribution is -2.29. The van der Waals surface area contributed by atoms with Crippen molar-refractivity contribution in [1.29, 1.82) is 0 Å². The van der Waals surface area contributed by atoms with Gasteiger partial charge in [-0.3, -0.25) is 4.31 Å². The van der Waals surface area contributed by atoms with Gasteiger partial charge in [0.2, 0.25) is 10.0 Å². The number of carbonyl (C=O) groups is 1. The molecule has 0 atom stereocenters. The molecule has 128 valence electrons. The number of aryl methyl sites for hydroxylation is 1. The lowest BCUT2D eigenvalue weighted by atomic mass is 10.1. The van der Waals surface area contributed by atoms with Crippen LogP contribution >= 0.6 is 0 Å². The van der Waals surface area contributed by atoms with Crippen LogP contribution in [-0.4, -0.2) is 32.4 Å². The van der Waals surface area contributed by atoms with Gasteiger partial charge in [0.1, 0.15) is 5.75 Å². The summed E-state index contributed by atoms with van der Waals surface area (Å²) in [6.07, 6.45) is 1.15. The van der Waals surface area contributed by atoms with Gasteiger partial charge in [0.25, 0.3) is 0 Å². The van der Waals surface area contributed by atoms with E-state index in [1.807, 2.05) is 31.2 Å². The monoisotopic (exact) mass is 349 g/mol. The molecule has 1 N–H and O–H groups in total. The molecule has 0 unspecified atom stereocenters. The number of anilines is 1. The van der Waals surface area contributed by atoms with Crippen LogP contribution in [0.4, 0.5) is 5.69 Å². The Morgan fingerprint density at radius 2 is 1.67 bits per heavy atom. The lowest BCUT2D eigenvalue weighted by Gasteiger charge is -2.23. The first kappa shape index (κ1) is 17.8. The quantitative estimate of drug-likeness (QED) is 0.830. The van der Waals surface area contributed by atoms with Gasteiger partial charge in [0, 0.05) is 0 Å². The lowest BCUT2D eigenvalue weighted by molar-refractivity contribution is -0.139. The molecule has 7 heteroatoms. The fraction of sp³-hybridized carbons (Fsp3) is 0.235. The van der Waals surface area contributed by atoms with E-state index in [9.17, 15) is 13.2 Å². The van der Waals surface area contributed by atoms with E-state index < -0.39 is 22.6 Å². The van der Waals surface area contributed by atoms with E-state index in [2.05, 4.69) is 0 Å². The first-order valence-corrected chi connectivity index (χ1v) is 9.08. The molecular weight excluding hydrogens is 330 g/mol. The Labute approximate surface area is 141 Å². The summed E-state index contributed by atoms with van der Waals surface area (Å²) in [5.41, 5.74) is 2.46. The Kier molecular flexibility index (Phi) is 5.46. The van der Waals surface area contributed by atoms with Gasteiger partial charge in [-0.2, -0.15) is 0 Å². The third-order valence-electron chi connectivity index (χ3n) is 3.33.